The minimum Gasteiger partial charge on any atom is -0.507 e. The van der Waals surface area contributed by atoms with Gasteiger partial charge in [-0.3, -0.25) is 9.59 Å². The number of aliphatic hydroxyl groups excluding tert-OH is 1. The molecule has 1 amide bonds. The van der Waals surface area contributed by atoms with Gasteiger partial charge in [0.2, 0.25) is 0 Å². The van der Waals surface area contributed by atoms with Crippen LogP contribution in [0.4, 0.5) is 0 Å². The highest BCUT2D eigenvalue weighted by Gasteiger charge is 2.46. The molecule has 0 radical (unpaired) electrons. The summed E-state index contributed by atoms with van der Waals surface area (Å²) in [5.74, 6) is 0.190. The number of aryl methyl sites for hydroxylation is 1. The van der Waals surface area contributed by atoms with E-state index in [9.17, 15) is 14.7 Å². The van der Waals surface area contributed by atoms with Crippen LogP contribution < -0.4 is 14.2 Å². The van der Waals surface area contributed by atoms with Crippen LogP contribution in [0.15, 0.2) is 72.3 Å². The second-order valence-corrected chi connectivity index (χ2v) is 11.6. The highest BCUT2D eigenvalue weighted by Crippen LogP contribution is 2.42. The van der Waals surface area contributed by atoms with Gasteiger partial charge < -0.3 is 29.1 Å². The second-order valence-electron chi connectivity index (χ2n) is 11.6. The summed E-state index contributed by atoms with van der Waals surface area (Å²) in [7, 11) is 1.57. The van der Waals surface area contributed by atoms with Crippen molar-refractivity contribution >= 4 is 17.4 Å². The van der Waals surface area contributed by atoms with Crippen molar-refractivity contribution in [3.8, 4) is 17.2 Å². The number of amides is 1. The SMILES string of the molecule is CCCCCOc1ccc([C@H]2C(=C(O)c3ccc(OCc4ccc(C)cc4)cc3)C(=O)C(=O)N2CCCN(CC)CC)cc1OC. The predicted molar refractivity (Wildman–Crippen MR) is 181 cm³/mol. The first-order chi connectivity index (χ1) is 22.3. The van der Waals surface area contributed by atoms with E-state index in [1.165, 1.54) is 5.56 Å². The van der Waals surface area contributed by atoms with Gasteiger partial charge in [0.05, 0.1) is 25.3 Å². The van der Waals surface area contributed by atoms with Gasteiger partial charge in [-0.25, -0.2) is 0 Å². The van der Waals surface area contributed by atoms with Crippen LogP contribution >= 0.6 is 0 Å². The molecular weight excluding hydrogens is 580 g/mol. The summed E-state index contributed by atoms with van der Waals surface area (Å²) >= 11 is 0. The largest absolute Gasteiger partial charge is 0.507 e. The van der Waals surface area contributed by atoms with Crippen LogP contribution in [0.3, 0.4) is 0 Å². The molecule has 1 saturated heterocycles. The third-order valence-electron chi connectivity index (χ3n) is 8.47. The molecule has 1 aliphatic rings. The molecule has 1 fully saturated rings. The lowest BCUT2D eigenvalue weighted by atomic mass is 9.95. The average molecular weight is 629 g/mol. The van der Waals surface area contributed by atoms with Gasteiger partial charge in [0, 0.05) is 12.1 Å². The molecule has 0 aromatic heterocycles. The number of Topliss-reactive ketones (excluding diaryl/α,β-unsaturated/α-hetero) is 1. The number of unbranched alkanes of at least 4 members (excludes halogenated alkanes) is 2. The number of ketones is 1. The summed E-state index contributed by atoms with van der Waals surface area (Å²) < 4.78 is 17.6. The topological polar surface area (TPSA) is 88.5 Å². The molecule has 0 bridgehead atoms. The van der Waals surface area contributed by atoms with E-state index >= 15 is 0 Å². The molecule has 8 heteroatoms. The molecule has 46 heavy (non-hydrogen) atoms. The number of benzene rings is 3. The second kappa shape index (κ2) is 16.9. The number of carbonyl (C=O) groups excluding carboxylic acids is 2. The van der Waals surface area contributed by atoms with Crippen molar-refractivity contribution in [2.24, 2.45) is 0 Å². The highest BCUT2D eigenvalue weighted by atomic mass is 16.5. The van der Waals surface area contributed by atoms with Gasteiger partial charge >= 0.3 is 0 Å². The molecular formula is C38H48N2O6. The maximum absolute atomic E-state index is 13.6. The van der Waals surface area contributed by atoms with Crippen molar-refractivity contribution in [3.05, 3.63) is 94.6 Å². The molecule has 1 N–H and O–H groups in total. The maximum Gasteiger partial charge on any atom is 0.295 e. The molecule has 8 nitrogen and oxygen atoms in total. The normalized spacial score (nSPS) is 15.9. The van der Waals surface area contributed by atoms with Crippen LogP contribution in [0.1, 0.15) is 74.8 Å². The van der Waals surface area contributed by atoms with Gasteiger partial charge in [0.25, 0.3) is 11.7 Å². The van der Waals surface area contributed by atoms with Crippen LogP contribution in [0, 0.1) is 6.92 Å². The monoisotopic (exact) mass is 628 g/mol. The molecule has 1 aliphatic heterocycles. The van der Waals surface area contributed by atoms with E-state index in [-0.39, 0.29) is 11.3 Å². The third kappa shape index (κ3) is 8.49. The minimum absolute atomic E-state index is 0.0554. The van der Waals surface area contributed by atoms with Crippen LogP contribution in [0.25, 0.3) is 5.76 Å². The zero-order valence-electron chi connectivity index (χ0n) is 27.9. The molecule has 246 valence electrons. The van der Waals surface area contributed by atoms with Gasteiger partial charge in [-0.1, -0.05) is 69.5 Å². The van der Waals surface area contributed by atoms with Crippen LogP contribution in [0.2, 0.25) is 0 Å². The molecule has 1 atom stereocenters. The van der Waals surface area contributed by atoms with E-state index in [0.717, 1.165) is 44.5 Å². The summed E-state index contributed by atoms with van der Waals surface area (Å²) in [6.45, 7) is 12.3. The molecule has 4 rings (SSSR count). The molecule has 3 aromatic rings. The lowest BCUT2D eigenvalue weighted by Gasteiger charge is -2.27. The van der Waals surface area contributed by atoms with Gasteiger partial charge in [0.1, 0.15) is 18.1 Å². The number of hydrogen-bond donors (Lipinski definition) is 1. The Morgan fingerprint density at radius 2 is 1.59 bits per heavy atom. The molecule has 1 heterocycles. The number of hydrogen-bond acceptors (Lipinski definition) is 7. The Labute approximate surface area is 273 Å². The van der Waals surface area contributed by atoms with Crippen molar-refractivity contribution < 1.29 is 28.9 Å². The molecule has 0 unspecified atom stereocenters. The highest BCUT2D eigenvalue weighted by molar-refractivity contribution is 6.46. The quantitative estimate of drug-likeness (QED) is 0.0726. The molecule has 0 spiro atoms. The number of nitrogens with zero attached hydrogens (tertiary/aromatic N) is 2. The Hall–Kier alpha value is -4.30. The van der Waals surface area contributed by atoms with Crippen molar-refractivity contribution in [1.82, 2.24) is 9.80 Å². The first kappa shape index (κ1) is 34.6. The van der Waals surface area contributed by atoms with E-state index < -0.39 is 17.7 Å². The van der Waals surface area contributed by atoms with Crippen molar-refractivity contribution in [2.75, 3.05) is 39.9 Å². The Balaban J connectivity index is 1.65. The Morgan fingerprint density at radius 3 is 2.24 bits per heavy atom. The smallest absolute Gasteiger partial charge is 0.295 e. The summed E-state index contributed by atoms with van der Waals surface area (Å²) in [5.41, 5.74) is 3.38. The summed E-state index contributed by atoms with van der Waals surface area (Å²) in [5, 5.41) is 11.6. The fourth-order valence-corrected chi connectivity index (χ4v) is 5.68. The fourth-order valence-electron chi connectivity index (χ4n) is 5.68. The van der Waals surface area contributed by atoms with Crippen LogP contribution in [-0.2, 0) is 16.2 Å². The Kier molecular flexibility index (Phi) is 12.7. The summed E-state index contributed by atoms with van der Waals surface area (Å²) in [6.07, 6.45) is 3.79. The zero-order valence-corrected chi connectivity index (χ0v) is 27.9. The lowest BCUT2D eigenvalue weighted by Crippen LogP contribution is -2.33. The number of aliphatic hydroxyl groups is 1. The van der Waals surface area contributed by atoms with Gasteiger partial charge in [0.15, 0.2) is 11.5 Å². The number of rotatable bonds is 17. The lowest BCUT2D eigenvalue weighted by molar-refractivity contribution is -0.140. The molecule has 0 saturated carbocycles. The van der Waals surface area contributed by atoms with E-state index in [0.29, 0.717) is 54.6 Å². The minimum atomic E-state index is -0.780. The third-order valence-corrected chi connectivity index (χ3v) is 8.47. The van der Waals surface area contributed by atoms with Gasteiger partial charge in [-0.15, -0.1) is 0 Å². The number of methoxy groups -OCH3 is 1. The number of likely N-dealkylation sites (tertiary alicyclic amines) is 1. The molecule has 0 aliphatic carbocycles. The van der Waals surface area contributed by atoms with Crippen LogP contribution in [-0.4, -0.2) is 66.5 Å². The van der Waals surface area contributed by atoms with E-state index in [1.807, 2.05) is 43.3 Å². The first-order valence-corrected chi connectivity index (χ1v) is 16.4. The summed E-state index contributed by atoms with van der Waals surface area (Å²) in [4.78, 5) is 31.0. The van der Waals surface area contributed by atoms with E-state index in [4.69, 9.17) is 14.2 Å². The Bertz CT molecular complexity index is 1480. The number of carbonyl (C=O) groups is 2. The maximum atomic E-state index is 13.6. The van der Waals surface area contributed by atoms with Crippen molar-refractivity contribution in [2.45, 2.75) is 66.0 Å². The summed E-state index contributed by atoms with van der Waals surface area (Å²) in [6, 6.07) is 19.7. The van der Waals surface area contributed by atoms with E-state index in [2.05, 4.69) is 25.7 Å². The van der Waals surface area contributed by atoms with E-state index in [1.54, 1.807) is 42.3 Å². The van der Waals surface area contributed by atoms with Gasteiger partial charge in [-0.2, -0.15) is 0 Å². The standard InChI is InChI=1S/C38H48N2O6/c1-6-9-10-24-45-32-21-18-30(25-33(32)44-5)35-34(37(42)38(43)40(35)23-11-22-39(7-2)8-3)36(41)29-16-19-31(20-17-29)46-26-28-14-12-27(4)13-15-28/h12-21,25,35,41H,6-11,22-24,26H2,1-5H3/t35-/m0/s1. The predicted octanol–water partition coefficient (Wildman–Crippen LogP) is 7.31. The van der Waals surface area contributed by atoms with Crippen molar-refractivity contribution in [3.63, 3.8) is 0 Å². The zero-order chi connectivity index (χ0) is 33.1. The number of ether oxygens (including phenoxy) is 3. The average Bonchev–Trinajstić information content (AvgIpc) is 3.33. The van der Waals surface area contributed by atoms with Crippen LogP contribution in [0.5, 0.6) is 17.2 Å². The molecule has 3 aromatic carbocycles. The van der Waals surface area contributed by atoms with Crippen molar-refractivity contribution in [1.29, 1.82) is 0 Å². The fraction of sp³-hybridized carbons (Fsp3) is 0.421. The van der Waals surface area contributed by atoms with Gasteiger partial charge in [-0.05, 0) is 86.9 Å². The Morgan fingerprint density at radius 1 is 0.870 bits per heavy atom. The first-order valence-electron chi connectivity index (χ1n) is 16.4.